The zero-order valence-electron chi connectivity index (χ0n) is 16.7. The highest BCUT2D eigenvalue weighted by Crippen LogP contribution is 2.13. The fourth-order valence-corrected chi connectivity index (χ4v) is 3.02. The van der Waals surface area contributed by atoms with Crippen molar-refractivity contribution in [3.8, 4) is 0 Å². The smallest absolute Gasteiger partial charge is 0.275 e. The lowest BCUT2D eigenvalue weighted by molar-refractivity contribution is -0.160. The van der Waals surface area contributed by atoms with Crippen LogP contribution in [-0.2, 0) is 23.9 Å². The van der Waals surface area contributed by atoms with E-state index in [-0.39, 0.29) is 18.4 Å². The Morgan fingerprint density at radius 3 is 2.48 bits per heavy atom. The summed E-state index contributed by atoms with van der Waals surface area (Å²) in [4.78, 5) is 39.1. The summed E-state index contributed by atoms with van der Waals surface area (Å²) >= 11 is 0. The number of hydrogen-bond acceptors (Lipinski definition) is 6. The highest BCUT2D eigenvalue weighted by molar-refractivity contribution is 5.93. The molecule has 0 radical (unpaired) electrons. The third-order valence-electron chi connectivity index (χ3n) is 4.70. The average Bonchev–Trinajstić information content (AvgIpc) is 2.64. The van der Waals surface area contributed by atoms with Crippen LogP contribution in [-0.4, -0.2) is 73.4 Å². The molecule has 1 rings (SSSR count). The number of hydroxylamine groups is 1. The summed E-state index contributed by atoms with van der Waals surface area (Å²) in [5.41, 5.74) is 1.49. The van der Waals surface area contributed by atoms with Crippen LogP contribution in [0.3, 0.4) is 0 Å². The van der Waals surface area contributed by atoms with Gasteiger partial charge in [0.2, 0.25) is 5.91 Å². The van der Waals surface area contributed by atoms with Gasteiger partial charge in [0.05, 0.1) is 0 Å². The van der Waals surface area contributed by atoms with Crippen LogP contribution in [0.5, 0.6) is 0 Å². The number of nitrogens with zero attached hydrogens (tertiary/aromatic N) is 1. The number of carbonyl (C=O) groups is 3. The summed E-state index contributed by atoms with van der Waals surface area (Å²) in [6.45, 7) is 4.58. The van der Waals surface area contributed by atoms with Crippen molar-refractivity contribution in [2.75, 3.05) is 27.3 Å². The van der Waals surface area contributed by atoms with E-state index in [1.807, 2.05) is 13.8 Å². The molecule has 0 saturated carbocycles. The maximum atomic E-state index is 12.8. The molecule has 0 aliphatic carbocycles. The molecule has 0 aromatic carbocycles. The van der Waals surface area contributed by atoms with Gasteiger partial charge in [0, 0.05) is 27.3 Å². The highest BCUT2D eigenvalue weighted by atomic mass is 16.5. The Bertz CT molecular complexity index is 499. The van der Waals surface area contributed by atoms with Crippen LogP contribution in [0.25, 0.3) is 0 Å². The second-order valence-electron chi connectivity index (χ2n) is 7.18. The number of ether oxygens (including phenoxy) is 2. The molecule has 1 saturated heterocycles. The molecule has 0 spiro atoms. The first-order valence-electron chi connectivity index (χ1n) is 9.47. The van der Waals surface area contributed by atoms with Gasteiger partial charge in [-0.15, -0.1) is 0 Å². The van der Waals surface area contributed by atoms with Crippen LogP contribution in [0, 0.1) is 5.92 Å². The van der Waals surface area contributed by atoms with Gasteiger partial charge in [-0.2, -0.15) is 0 Å². The standard InChI is InChI=1S/C18H33N3O6/c1-12(2)13-18(24)21(3)10-8-6-5-7-9-11-27-15(16(22)19-13)14(26-4)17(23)20-25/h12-15,25H,5-11H2,1-4H3,(H,19,22)(H,20,23). The molecule has 0 bridgehead atoms. The molecule has 1 heterocycles. The quantitative estimate of drug-likeness (QED) is 0.476. The largest absolute Gasteiger partial charge is 0.368 e. The number of amides is 3. The van der Waals surface area contributed by atoms with Crippen molar-refractivity contribution in [3.05, 3.63) is 0 Å². The molecular formula is C18H33N3O6. The summed E-state index contributed by atoms with van der Waals surface area (Å²) in [6, 6.07) is -0.744. The normalized spacial score (nSPS) is 24.9. The Balaban J connectivity index is 3.07. The predicted molar refractivity (Wildman–Crippen MR) is 98.0 cm³/mol. The Labute approximate surface area is 160 Å². The van der Waals surface area contributed by atoms with Gasteiger partial charge in [-0.05, 0) is 18.8 Å². The summed E-state index contributed by atoms with van der Waals surface area (Å²) < 4.78 is 10.7. The maximum absolute atomic E-state index is 12.8. The third kappa shape index (κ3) is 7.08. The Kier molecular flexibility index (Phi) is 10.3. The molecule has 3 unspecified atom stereocenters. The van der Waals surface area contributed by atoms with Crippen molar-refractivity contribution in [1.82, 2.24) is 15.7 Å². The highest BCUT2D eigenvalue weighted by Gasteiger charge is 2.37. The van der Waals surface area contributed by atoms with E-state index in [0.717, 1.165) is 32.1 Å². The SMILES string of the molecule is COC(C(=O)NO)C1OCCCCCCCN(C)C(=O)C(C(C)C)NC1=O. The Morgan fingerprint density at radius 1 is 1.26 bits per heavy atom. The minimum Gasteiger partial charge on any atom is -0.368 e. The predicted octanol–water partition coefficient (Wildman–Crippen LogP) is 0.455. The lowest BCUT2D eigenvalue weighted by Crippen LogP contribution is -2.57. The summed E-state index contributed by atoms with van der Waals surface area (Å²) in [5, 5.41) is 11.6. The number of likely N-dealkylation sites (N-methyl/N-ethyl adjacent to an activating group) is 1. The van der Waals surface area contributed by atoms with Crippen LogP contribution in [0.15, 0.2) is 0 Å². The van der Waals surface area contributed by atoms with Gasteiger partial charge in [0.15, 0.2) is 12.2 Å². The van der Waals surface area contributed by atoms with E-state index >= 15 is 0 Å². The second-order valence-corrected chi connectivity index (χ2v) is 7.18. The molecule has 3 amide bonds. The molecule has 0 aromatic rings. The van der Waals surface area contributed by atoms with E-state index in [1.165, 1.54) is 12.6 Å². The van der Waals surface area contributed by atoms with Gasteiger partial charge in [0.25, 0.3) is 11.8 Å². The molecule has 0 aromatic heterocycles. The van der Waals surface area contributed by atoms with Crippen molar-refractivity contribution in [1.29, 1.82) is 0 Å². The van der Waals surface area contributed by atoms with Crippen molar-refractivity contribution in [3.63, 3.8) is 0 Å². The van der Waals surface area contributed by atoms with Gasteiger partial charge < -0.3 is 19.7 Å². The van der Waals surface area contributed by atoms with Gasteiger partial charge in [-0.3, -0.25) is 19.6 Å². The van der Waals surface area contributed by atoms with Crippen LogP contribution >= 0.6 is 0 Å². The van der Waals surface area contributed by atoms with Crippen molar-refractivity contribution >= 4 is 17.7 Å². The van der Waals surface area contributed by atoms with Gasteiger partial charge >= 0.3 is 0 Å². The van der Waals surface area contributed by atoms with E-state index in [0.29, 0.717) is 6.54 Å². The van der Waals surface area contributed by atoms with Crippen LogP contribution < -0.4 is 10.8 Å². The second kappa shape index (κ2) is 11.9. The summed E-state index contributed by atoms with van der Waals surface area (Å²) in [6.07, 6.45) is 1.97. The van der Waals surface area contributed by atoms with Gasteiger partial charge in [0.1, 0.15) is 6.04 Å². The molecule has 9 nitrogen and oxygen atoms in total. The fraction of sp³-hybridized carbons (Fsp3) is 0.833. The average molecular weight is 387 g/mol. The molecule has 3 N–H and O–H groups in total. The molecule has 1 aliphatic rings. The molecule has 156 valence electrons. The first-order valence-corrected chi connectivity index (χ1v) is 9.47. The summed E-state index contributed by atoms with van der Waals surface area (Å²) in [5.74, 6) is -1.84. The van der Waals surface area contributed by atoms with Crippen molar-refractivity contribution in [2.24, 2.45) is 5.92 Å². The lowest BCUT2D eigenvalue weighted by Gasteiger charge is -2.30. The zero-order chi connectivity index (χ0) is 20.4. The molecular weight excluding hydrogens is 354 g/mol. The molecule has 27 heavy (non-hydrogen) atoms. The third-order valence-corrected chi connectivity index (χ3v) is 4.70. The first-order chi connectivity index (χ1) is 12.8. The molecule has 1 aliphatic heterocycles. The number of methoxy groups -OCH3 is 1. The van der Waals surface area contributed by atoms with E-state index in [4.69, 9.17) is 14.7 Å². The monoisotopic (exact) mass is 387 g/mol. The van der Waals surface area contributed by atoms with E-state index in [1.54, 1.807) is 11.9 Å². The van der Waals surface area contributed by atoms with E-state index in [9.17, 15) is 14.4 Å². The number of nitrogens with one attached hydrogen (secondary N) is 2. The minimum atomic E-state index is -1.33. The Morgan fingerprint density at radius 2 is 1.89 bits per heavy atom. The van der Waals surface area contributed by atoms with Crippen LogP contribution in [0.1, 0.15) is 46.0 Å². The van der Waals surface area contributed by atoms with Crippen molar-refractivity contribution in [2.45, 2.75) is 64.2 Å². The van der Waals surface area contributed by atoms with Crippen LogP contribution in [0.4, 0.5) is 0 Å². The van der Waals surface area contributed by atoms with Gasteiger partial charge in [-0.1, -0.05) is 33.1 Å². The molecule has 1 fully saturated rings. The lowest BCUT2D eigenvalue weighted by atomic mass is 10.0. The number of rotatable bonds is 4. The topological polar surface area (TPSA) is 117 Å². The Hall–Kier alpha value is -1.71. The number of carbonyl (C=O) groups excluding carboxylic acids is 3. The minimum absolute atomic E-state index is 0.148. The zero-order valence-corrected chi connectivity index (χ0v) is 16.7. The summed E-state index contributed by atoms with van der Waals surface area (Å²) in [7, 11) is 2.97. The number of hydrogen-bond donors (Lipinski definition) is 3. The first kappa shape index (κ1) is 23.3. The van der Waals surface area contributed by atoms with E-state index in [2.05, 4.69) is 5.32 Å². The van der Waals surface area contributed by atoms with Crippen LogP contribution in [0.2, 0.25) is 0 Å². The van der Waals surface area contributed by atoms with Crippen molar-refractivity contribution < 1.29 is 29.1 Å². The molecule has 3 atom stereocenters. The fourth-order valence-electron chi connectivity index (χ4n) is 3.02. The maximum Gasteiger partial charge on any atom is 0.275 e. The molecule has 9 heteroatoms. The van der Waals surface area contributed by atoms with E-state index < -0.39 is 30.1 Å². The van der Waals surface area contributed by atoms with Gasteiger partial charge in [-0.25, -0.2) is 5.48 Å².